The van der Waals surface area contributed by atoms with Crippen LogP contribution in [0.15, 0.2) is 60.9 Å². The van der Waals surface area contributed by atoms with Crippen LogP contribution in [0.2, 0.25) is 0 Å². The second-order valence-electron chi connectivity index (χ2n) is 5.44. The minimum Gasteiger partial charge on any atom is -0.317 e. The lowest BCUT2D eigenvalue weighted by Gasteiger charge is -2.31. The molecule has 4 heteroatoms. The van der Waals surface area contributed by atoms with Crippen molar-refractivity contribution in [1.29, 1.82) is 0 Å². The largest absolute Gasteiger partial charge is 0.317 e. The van der Waals surface area contributed by atoms with Gasteiger partial charge in [0.15, 0.2) is 0 Å². The second-order valence-corrected chi connectivity index (χ2v) is 5.44. The summed E-state index contributed by atoms with van der Waals surface area (Å²) in [7, 11) is 0. The number of fused-ring (bicyclic) bond motifs is 3. The van der Waals surface area contributed by atoms with Crippen LogP contribution in [0.4, 0.5) is 5.69 Å². The molecule has 22 heavy (non-hydrogen) atoms. The van der Waals surface area contributed by atoms with Crippen LogP contribution < -0.4 is 4.90 Å². The number of rotatable bonds is 1. The Morgan fingerprint density at radius 1 is 1.05 bits per heavy atom. The maximum atomic E-state index is 12.9. The Morgan fingerprint density at radius 2 is 1.86 bits per heavy atom. The van der Waals surface area contributed by atoms with Crippen LogP contribution in [-0.4, -0.2) is 15.5 Å². The summed E-state index contributed by atoms with van der Waals surface area (Å²) in [4.78, 5) is 18.9. The highest BCUT2D eigenvalue weighted by atomic mass is 16.2. The summed E-state index contributed by atoms with van der Waals surface area (Å²) >= 11 is 0. The number of carbonyl (C=O) groups is 1. The molecule has 1 aromatic carbocycles. The molecule has 0 unspecified atom stereocenters. The highest BCUT2D eigenvalue weighted by Crippen LogP contribution is 2.33. The molecule has 4 rings (SSSR count). The molecule has 3 heterocycles. The van der Waals surface area contributed by atoms with E-state index in [0.29, 0.717) is 12.1 Å². The van der Waals surface area contributed by atoms with Crippen LogP contribution in [0.25, 0.3) is 5.69 Å². The maximum absolute atomic E-state index is 12.9. The molecule has 0 saturated carbocycles. The Labute approximate surface area is 128 Å². The van der Waals surface area contributed by atoms with Gasteiger partial charge in [0, 0.05) is 23.8 Å². The van der Waals surface area contributed by atoms with E-state index in [1.54, 1.807) is 6.20 Å². The second kappa shape index (κ2) is 4.84. The lowest BCUT2D eigenvalue weighted by Crippen LogP contribution is -2.34. The molecule has 0 atom stereocenters. The summed E-state index contributed by atoms with van der Waals surface area (Å²) in [6.07, 6.45) is 3.68. The maximum Gasteiger partial charge on any atom is 0.260 e. The molecule has 108 valence electrons. The first kappa shape index (κ1) is 12.8. The number of anilines is 1. The zero-order valence-corrected chi connectivity index (χ0v) is 12.2. The quantitative estimate of drug-likeness (QED) is 0.689. The lowest BCUT2D eigenvalue weighted by atomic mass is 10.1. The van der Waals surface area contributed by atoms with Gasteiger partial charge in [-0.15, -0.1) is 0 Å². The van der Waals surface area contributed by atoms with E-state index in [9.17, 15) is 4.79 Å². The lowest BCUT2D eigenvalue weighted by molar-refractivity contribution is 0.0983. The SMILES string of the molecule is Cc1ccc(C(=O)N2Cc3cccn3-c3ccccc32)cn1. The van der Waals surface area contributed by atoms with E-state index >= 15 is 0 Å². The summed E-state index contributed by atoms with van der Waals surface area (Å²) in [5, 5.41) is 0. The Hall–Kier alpha value is -2.88. The number of aryl methyl sites for hydroxylation is 1. The van der Waals surface area contributed by atoms with Crippen molar-refractivity contribution < 1.29 is 4.79 Å². The molecule has 1 amide bonds. The molecule has 3 aromatic rings. The zero-order chi connectivity index (χ0) is 15.1. The molecular formula is C18H15N3O. The number of hydrogen-bond acceptors (Lipinski definition) is 2. The summed E-state index contributed by atoms with van der Waals surface area (Å²) in [6.45, 7) is 2.48. The first-order valence-electron chi connectivity index (χ1n) is 7.24. The first-order chi connectivity index (χ1) is 10.7. The minimum atomic E-state index is -0.0209. The number of para-hydroxylation sites is 2. The van der Waals surface area contributed by atoms with Crippen molar-refractivity contribution in [1.82, 2.24) is 9.55 Å². The highest BCUT2D eigenvalue weighted by molar-refractivity contribution is 6.07. The molecule has 0 radical (unpaired) electrons. The Kier molecular flexibility index (Phi) is 2.82. The minimum absolute atomic E-state index is 0.0209. The Bertz CT molecular complexity index is 849. The molecule has 1 aliphatic heterocycles. The Balaban J connectivity index is 1.80. The van der Waals surface area contributed by atoms with Gasteiger partial charge in [-0.25, -0.2) is 0 Å². The van der Waals surface area contributed by atoms with Gasteiger partial charge in [-0.3, -0.25) is 9.78 Å². The summed E-state index contributed by atoms with van der Waals surface area (Å²) in [5.41, 5.74) is 4.58. The van der Waals surface area contributed by atoms with E-state index < -0.39 is 0 Å². The van der Waals surface area contributed by atoms with E-state index in [-0.39, 0.29) is 5.91 Å². The smallest absolute Gasteiger partial charge is 0.260 e. The van der Waals surface area contributed by atoms with Crippen molar-refractivity contribution >= 4 is 11.6 Å². The molecule has 0 saturated heterocycles. The molecule has 0 fully saturated rings. The molecular weight excluding hydrogens is 274 g/mol. The van der Waals surface area contributed by atoms with E-state index in [1.807, 2.05) is 66.6 Å². The van der Waals surface area contributed by atoms with Crippen LogP contribution in [-0.2, 0) is 6.54 Å². The third-order valence-electron chi connectivity index (χ3n) is 3.99. The van der Waals surface area contributed by atoms with Crippen molar-refractivity contribution in [3.8, 4) is 5.69 Å². The van der Waals surface area contributed by atoms with Crippen LogP contribution in [0.3, 0.4) is 0 Å². The highest BCUT2D eigenvalue weighted by Gasteiger charge is 2.26. The summed E-state index contributed by atoms with van der Waals surface area (Å²) < 4.78 is 2.13. The number of pyridine rings is 1. The van der Waals surface area contributed by atoms with Gasteiger partial charge in [-0.05, 0) is 43.3 Å². The van der Waals surface area contributed by atoms with E-state index in [2.05, 4.69) is 9.55 Å². The van der Waals surface area contributed by atoms with Crippen molar-refractivity contribution in [3.63, 3.8) is 0 Å². The van der Waals surface area contributed by atoms with Gasteiger partial charge in [0.25, 0.3) is 5.91 Å². The molecule has 1 aliphatic rings. The summed E-state index contributed by atoms with van der Waals surface area (Å²) in [6, 6.07) is 15.7. The molecule has 4 nitrogen and oxygen atoms in total. The fraction of sp³-hybridized carbons (Fsp3) is 0.111. The molecule has 0 N–H and O–H groups in total. The monoisotopic (exact) mass is 289 g/mol. The number of amides is 1. The van der Waals surface area contributed by atoms with Gasteiger partial charge in [-0.2, -0.15) is 0 Å². The van der Waals surface area contributed by atoms with Crippen LogP contribution in [0.1, 0.15) is 21.7 Å². The predicted octanol–water partition coefficient (Wildman–Crippen LogP) is 3.34. The fourth-order valence-electron chi connectivity index (χ4n) is 2.85. The van der Waals surface area contributed by atoms with E-state index in [0.717, 1.165) is 22.8 Å². The van der Waals surface area contributed by atoms with Gasteiger partial charge in [0.1, 0.15) is 0 Å². The average Bonchev–Trinajstić information content (AvgIpc) is 3.03. The van der Waals surface area contributed by atoms with Crippen molar-refractivity contribution in [2.45, 2.75) is 13.5 Å². The van der Waals surface area contributed by atoms with E-state index in [1.165, 1.54) is 0 Å². The van der Waals surface area contributed by atoms with Crippen LogP contribution in [0, 0.1) is 6.92 Å². The summed E-state index contributed by atoms with van der Waals surface area (Å²) in [5.74, 6) is -0.0209. The van der Waals surface area contributed by atoms with Gasteiger partial charge in [-0.1, -0.05) is 12.1 Å². The zero-order valence-electron chi connectivity index (χ0n) is 12.2. The molecule has 0 spiro atoms. The van der Waals surface area contributed by atoms with Crippen LogP contribution in [0.5, 0.6) is 0 Å². The first-order valence-corrected chi connectivity index (χ1v) is 7.24. The number of hydrogen-bond donors (Lipinski definition) is 0. The van der Waals surface area contributed by atoms with Crippen molar-refractivity contribution in [2.75, 3.05) is 4.90 Å². The fourth-order valence-corrected chi connectivity index (χ4v) is 2.85. The van der Waals surface area contributed by atoms with Crippen molar-refractivity contribution in [2.24, 2.45) is 0 Å². The van der Waals surface area contributed by atoms with E-state index in [4.69, 9.17) is 0 Å². The number of benzene rings is 1. The van der Waals surface area contributed by atoms with Gasteiger partial charge in [0.05, 0.1) is 23.5 Å². The topological polar surface area (TPSA) is 38.1 Å². The predicted molar refractivity (Wildman–Crippen MR) is 85.3 cm³/mol. The van der Waals surface area contributed by atoms with Crippen LogP contribution >= 0.6 is 0 Å². The average molecular weight is 289 g/mol. The van der Waals surface area contributed by atoms with Gasteiger partial charge in [0.2, 0.25) is 0 Å². The van der Waals surface area contributed by atoms with Crippen molar-refractivity contribution in [3.05, 3.63) is 77.9 Å². The third-order valence-corrected chi connectivity index (χ3v) is 3.99. The number of aromatic nitrogens is 2. The number of nitrogens with zero attached hydrogens (tertiary/aromatic N) is 3. The number of carbonyl (C=O) groups excluding carboxylic acids is 1. The normalized spacial score (nSPS) is 12.7. The molecule has 2 aromatic heterocycles. The van der Waals surface area contributed by atoms with Gasteiger partial charge < -0.3 is 9.47 Å². The Morgan fingerprint density at radius 3 is 2.64 bits per heavy atom. The third kappa shape index (κ3) is 1.92. The molecule has 0 bridgehead atoms. The van der Waals surface area contributed by atoms with Gasteiger partial charge >= 0.3 is 0 Å². The molecule has 0 aliphatic carbocycles. The standard InChI is InChI=1S/C18H15N3O/c1-13-8-9-14(11-19-13)18(22)21-12-15-5-4-10-20(15)16-6-2-3-7-17(16)21/h2-11H,12H2,1H3.